The Labute approximate surface area is 145 Å². The fourth-order valence-electron chi connectivity index (χ4n) is 3.52. The monoisotopic (exact) mass is 337 g/mol. The van der Waals surface area contributed by atoms with Crippen LogP contribution in [0.3, 0.4) is 0 Å². The third-order valence-electron chi connectivity index (χ3n) is 4.82. The summed E-state index contributed by atoms with van der Waals surface area (Å²) in [6, 6.07) is 14.5. The second-order valence-electron chi connectivity index (χ2n) is 6.47. The van der Waals surface area contributed by atoms with Crippen molar-refractivity contribution in [1.29, 1.82) is 0 Å². The molecule has 1 aromatic heterocycles. The minimum absolute atomic E-state index is 0.243. The molecule has 2 N–H and O–H groups in total. The van der Waals surface area contributed by atoms with Gasteiger partial charge in [-0.2, -0.15) is 0 Å². The summed E-state index contributed by atoms with van der Waals surface area (Å²) in [4.78, 5) is 0.914. The zero-order chi connectivity index (χ0) is 17.2. The first-order chi connectivity index (χ1) is 12.2. The van der Waals surface area contributed by atoms with Gasteiger partial charge in [-0.25, -0.2) is 4.39 Å². The molecule has 0 atom stereocenters. The number of halogens is 1. The highest BCUT2D eigenvalue weighted by Crippen LogP contribution is 2.34. The molecule has 4 rings (SSSR count). The van der Waals surface area contributed by atoms with E-state index in [0.29, 0.717) is 5.92 Å². The predicted molar refractivity (Wildman–Crippen MR) is 95.1 cm³/mol. The van der Waals surface area contributed by atoms with E-state index in [9.17, 15) is 9.60 Å². The molecule has 128 valence electrons. The van der Waals surface area contributed by atoms with Crippen LogP contribution < -0.4 is 5.32 Å². The maximum atomic E-state index is 13.2. The zero-order valence-electron chi connectivity index (χ0n) is 13.8. The van der Waals surface area contributed by atoms with E-state index >= 15 is 0 Å². The highest BCUT2D eigenvalue weighted by atomic mass is 19.1. The van der Waals surface area contributed by atoms with Gasteiger partial charge in [-0.1, -0.05) is 30.3 Å². The van der Waals surface area contributed by atoms with E-state index in [1.165, 1.54) is 12.1 Å². The molecular weight excluding hydrogens is 317 g/mol. The SMILES string of the molecule is On1cc(C2CCNCC2)c(-c2cccc(-c3ccc(F)cc3)c2)n1. The Kier molecular flexibility index (Phi) is 4.24. The molecule has 1 saturated heterocycles. The summed E-state index contributed by atoms with van der Waals surface area (Å²) in [7, 11) is 0. The highest BCUT2D eigenvalue weighted by molar-refractivity contribution is 5.73. The molecule has 5 heteroatoms. The van der Waals surface area contributed by atoms with Gasteiger partial charge in [0.2, 0.25) is 0 Å². The predicted octanol–water partition coefficient (Wildman–Crippen LogP) is 4.06. The molecular formula is C20H20FN3O. The lowest BCUT2D eigenvalue weighted by Gasteiger charge is -2.22. The van der Waals surface area contributed by atoms with Gasteiger partial charge in [0.25, 0.3) is 0 Å². The number of piperidine rings is 1. The first kappa shape index (κ1) is 15.8. The first-order valence-electron chi connectivity index (χ1n) is 8.56. The van der Waals surface area contributed by atoms with Crippen molar-refractivity contribution in [3.05, 3.63) is 66.1 Å². The van der Waals surface area contributed by atoms with Crippen LogP contribution in [0.1, 0.15) is 24.3 Å². The third-order valence-corrected chi connectivity index (χ3v) is 4.82. The van der Waals surface area contributed by atoms with Crippen LogP contribution in [0.2, 0.25) is 0 Å². The molecule has 4 nitrogen and oxygen atoms in total. The largest absolute Gasteiger partial charge is 0.412 e. The van der Waals surface area contributed by atoms with Gasteiger partial charge in [-0.15, -0.1) is 9.94 Å². The average Bonchev–Trinajstić information content (AvgIpc) is 3.05. The Morgan fingerprint density at radius 1 is 1.00 bits per heavy atom. The van der Waals surface area contributed by atoms with Gasteiger partial charge in [0, 0.05) is 11.1 Å². The van der Waals surface area contributed by atoms with Crippen molar-refractivity contribution in [2.45, 2.75) is 18.8 Å². The van der Waals surface area contributed by atoms with Gasteiger partial charge in [0.05, 0.1) is 11.9 Å². The van der Waals surface area contributed by atoms with Crippen LogP contribution in [0.4, 0.5) is 4.39 Å². The van der Waals surface area contributed by atoms with Crippen molar-refractivity contribution >= 4 is 0 Å². The summed E-state index contributed by atoms with van der Waals surface area (Å²) in [5.41, 5.74) is 4.82. The maximum absolute atomic E-state index is 13.2. The zero-order valence-corrected chi connectivity index (χ0v) is 13.8. The fraction of sp³-hybridized carbons (Fsp3) is 0.250. The van der Waals surface area contributed by atoms with Crippen LogP contribution in [0.5, 0.6) is 0 Å². The minimum Gasteiger partial charge on any atom is -0.412 e. The van der Waals surface area contributed by atoms with Crippen molar-refractivity contribution < 1.29 is 9.60 Å². The van der Waals surface area contributed by atoms with Gasteiger partial charge in [0.15, 0.2) is 0 Å². The summed E-state index contributed by atoms with van der Waals surface area (Å²) in [5, 5.41) is 17.6. The number of hydrogen-bond acceptors (Lipinski definition) is 3. The Morgan fingerprint density at radius 3 is 2.48 bits per heavy atom. The molecule has 0 saturated carbocycles. The second kappa shape index (κ2) is 6.69. The van der Waals surface area contributed by atoms with E-state index < -0.39 is 0 Å². The van der Waals surface area contributed by atoms with Gasteiger partial charge in [0.1, 0.15) is 5.82 Å². The molecule has 0 unspecified atom stereocenters. The van der Waals surface area contributed by atoms with E-state index in [1.54, 1.807) is 18.3 Å². The van der Waals surface area contributed by atoms with E-state index in [1.807, 2.05) is 24.3 Å². The van der Waals surface area contributed by atoms with E-state index in [-0.39, 0.29) is 5.82 Å². The molecule has 2 aromatic carbocycles. The normalized spacial score (nSPS) is 15.4. The quantitative estimate of drug-likeness (QED) is 0.709. The Bertz CT molecular complexity index is 867. The Balaban J connectivity index is 1.73. The Morgan fingerprint density at radius 2 is 1.72 bits per heavy atom. The molecule has 0 aliphatic carbocycles. The summed E-state index contributed by atoms with van der Waals surface area (Å²) in [5.74, 6) is 0.152. The maximum Gasteiger partial charge on any atom is 0.123 e. The molecule has 1 aliphatic rings. The molecule has 1 aliphatic heterocycles. The molecule has 25 heavy (non-hydrogen) atoms. The van der Waals surface area contributed by atoms with Crippen LogP contribution in [0, 0.1) is 5.82 Å². The van der Waals surface area contributed by atoms with Crippen molar-refractivity contribution in [2.75, 3.05) is 13.1 Å². The number of benzene rings is 2. The highest BCUT2D eigenvalue weighted by Gasteiger charge is 2.22. The van der Waals surface area contributed by atoms with E-state index in [4.69, 9.17) is 0 Å². The van der Waals surface area contributed by atoms with Crippen LogP contribution in [0.25, 0.3) is 22.4 Å². The summed E-state index contributed by atoms with van der Waals surface area (Å²) >= 11 is 0. The fourth-order valence-corrected chi connectivity index (χ4v) is 3.52. The number of nitrogens with one attached hydrogen (secondary N) is 1. The summed E-state index contributed by atoms with van der Waals surface area (Å²) in [6.45, 7) is 1.96. The molecule has 0 amide bonds. The number of hydrogen-bond donors (Lipinski definition) is 2. The number of aromatic nitrogens is 2. The van der Waals surface area contributed by atoms with Crippen molar-refractivity contribution in [1.82, 2.24) is 15.3 Å². The third kappa shape index (κ3) is 3.28. The molecule has 0 spiro atoms. The molecule has 2 heterocycles. The molecule has 0 radical (unpaired) electrons. The molecule has 3 aromatic rings. The topological polar surface area (TPSA) is 50.1 Å². The van der Waals surface area contributed by atoms with Crippen LogP contribution >= 0.6 is 0 Å². The minimum atomic E-state index is -0.243. The molecule has 1 fully saturated rings. The van der Waals surface area contributed by atoms with Gasteiger partial charge < -0.3 is 10.5 Å². The van der Waals surface area contributed by atoms with Crippen molar-refractivity contribution in [2.24, 2.45) is 0 Å². The van der Waals surface area contributed by atoms with Crippen LogP contribution in [0.15, 0.2) is 54.7 Å². The lowest BCUT2D eigenvalue weighted by Crippen LogP contribution is -2.26. The summed E-state index contributed by atoms with van der Waals surface area (Å²) < 4.78 is 13.2. The molecule has 0 bridgehead atoms. The van der Waals surface area contributed by atoms with Crippen LogP contribution in [-0.2, 0) is 0 Å². The van der Waals surface area contributed by atoms with Gasteiger partial charge >= 0.3 is 0 Å². The summed E-state index contributed by atoms with van der Waals surface area (Å²) in [6.07, 6.45) is 3.79. The van der Waals surface area contributed by atoms with Crippen molar-refractivity contribution in [3.8, 4) is 22.4 Å². The number of rotatable bonds is 3. The second-order valence-corrected chi connectivity index (χ2v) is 6.47. The van der Waals surface area contributed by atoms with Gasteiger partial charge in [-0.05, 0) is 61.2 Å². The van der Waals surface area contributed by atoms with Crippen molar-refractivity contribution in [3.63, 3.8) is 0 Å². The van der Waals surface area contributed by atoms with E-state index in [2.05, 4.69) is 10.4 Å². The lowest BCUT2D eigenvalue weighted by atomic mass is 9.88. The number of nitrogens with zero attached hydrogens (tertiary/aromatic N) is 2. The van der Waals surface area contributed by atoms with Gasteiger partial charge in [-0.3, -0.25) is 0 Å². The average molecular weight is 337 g/mol. The van der Waals surface area contributed by atoms with Crippen LogP contribution in [-0.4, -0.2) is 28.2 Å². The first-order valence-corrected chi connectivity index (χ1v) is 8.56. The van der Waals surface area contributed by atoms with E-state index in [0.717, 1.165) is 58.7 Å². The Hall–Kier alpha value is -2.66. The smallest absolute Gasteiger partial charge is 0.123 e. The lowest BCUT2D eigenvalue weighted by molar-refractivity contribution is 0.149. The standard InChI is InChI=1S/C20H20FN3O/c21-18-6-4-14(5-7-18)16-2-1-3-17(12-16)20-19(13-24(25)23-20)15-8-10-22-11-9-15/h1-7,12-13,15,22,25H,8-11H2.